The number of methoxy groups -OCH3 is 1. The number of rotatable bonds is 5. The number of ether oxygens (including phenoxy) is 1. The Balaban J connectivity index is 2.28. The Hall–Kier alpha value is -1.35. The molecule has 2 aromatic rings. The third-order valence-electron chi connectivity index (χ3n) is 2.44. The van der Waals surface area contributed by atoms with E-state index in [1.807, 2.05) is 0 Å². The second-order valence-electron chi connectivity index (χ2n) is 3.77. The van der Waals surface area contributed by atoms with Crippen LogP contribution in [0.3, 0.4) is 0 Å². The molecule has 0 amide bonds. The van der Waals surface area contributed by atoms with Crippen LogP contribution in [-0.2, 0) is 16.7 Å². The molecule has 20 heavy (non-hydrogen) atoms. The van der Waals surface area contributed by atoms with Gasteiger partial charge in [0.15, 0.2) is 4.47 Å². The van der Waals surface area contributed by atoms with Gasteiger partial charge in [0.05, 0.1) is 19.3 Å². The van der Waals surface area contributed by atoms with Gasteiger partial charge in [-0.15, -0.1) is 11.3 Å². The largest absolute Gasteiger partial charge is 0.497 e. The smallest absolute Gasteiger partial charge is 0.296 e. The maximum Gasteiger partial charge on any atom is 0.296 e. The Morgan fingerprint density at radius 2 is 2.25 bits per heavy atom. The van der Waals surface area contributed by atoms with Crippen LogP contribution in [0.4, 0.5) is 5.69 Å². The van der Waals surface area contributed by atoms with E-state index in [9.17, 15) is 13.0 Å². The van der Waals surface area contributed by atoms with Gasteiger partial charge in [-0.1, -0.05) is 11.6 Å². The molecule has 9 heteroatoms. The number of nitrogens with zero attached hydrogens (tertiary/aromatic N) is 1. The molecule has 1 heterocycles. The van der Waals surface area contributed by atoms with Crippen molar-refractivity contribution in [1.29, 1.82) is 0 Å². The highest BCUT2D eigenvalue weighted by Gasteiger charge is 2.16. The van der Waals surface area contributed by atoms with Gasteiger partial charge in [0.1, 0.15) is 10.6 Å². The molecule has 0 bridgehead atoms. The lowest BCUT2D eigenvalue weighted by Crippen LogP contribution is -2.06. The Morgan fingerprint density at radius 3 is 2.80 bits per heavy atom. The minimum absolute atomic E-state index is 0.214. The molecule has 1 aromatic carbocycles. The van der Waals surface area contributed by atoms with Crippen molar-refractivity contribution in [2.45, 2.75) is 11.4 Å². The second kappa shape index (κ2) is 5.96. The number of hydrogen-bond donors (Lipinski definition) is 2. The summed E-state index contributed by atoms with van der Waals surface area (Å²) in [4.78, 5) is 4.50. The average Bonchev–Trinajstić information content (AvgIpc) is 2.80. The van der Waals surface area contributed by atoms with E-state index in [0.29, 0.717) is 16.8 Å². The minimum Gasteiger partial charge on any atom is -0.497 e. The van der Waals surface area contributed by atoms with Gasteiger partial charge in [0.2, 0.25) is 0 Å². The van der Waals surface area contributed by atoms with Gasteiger partial charge < -0.3 is 10.1 Å². The fourth-order valence-electron chi connectivity index (χ4n) is 1.55. The first-order valence-corrected chi connectivity index (χ1v) is 8.03. The third kappa shape index (κ3) is 3.60. The predicted octanol–water partition coefficient (Wildman–Crippen LogP) is 2.66. The molecule has 1 aromatic heterocycles. The normalized spacial score (nSPS) is 11.3. The molecule has 0 spiro atoms. The van der Waals surface area contributed by atoms with E-state index in [2.05, 4.69) is 10.3 Å². The predicted molar refractivity (Wildman–Crippen MR) is 77.3 cm³/mol. The minimum atomic E-state index is -4.31. The molecule has 2 N–H and O–H groups in total. The quantitative estimate of drug-likeness (QED) is 0.817. The van der Waals surface area contributed by atoms with Crippen molar-refractivity contribution in [1.82, 2.24) is 4.98 Å². The third-order valence-corrected chi connectivity index (χ3v) is 4.47. The molecule has 6 nitrogen and oxygen atoms in total. The van der Waals surface area contributed by atoms with Crippen molar-refractivity contribution in [3.63, 3.8) is 0 Å². The van der Waals surface area contributed by atoms with Crippen molar-refractivity contribution in [2.24, 2.45) is 0 Å². The zero-order valence-electron chi connectivity index (χ0n) is 10.3. The fourth-order valence-corrected chi connectivity index (χ4v) is 3.11. The van der Waals surface area contributed by atoms with E-state index in [4.69, 9.17) is 16.3 Å². The number of halogens is 1. The molecule has 0 aliphatic heterocycles. The molecule has 0 atom stereocenters. The van der Waals surface area contributed by atoms with E-state index in [1.165, 1.54) is 36.6 Å². The Bertz CT molecular complexity index is 715. The summed E-state index contributed by atoms with van der Waals surface area (Å²) >= 11 is 7.00. The summed E-state index contributed by atoms with van der Waals surface area (Å²) in [6.07, 6.45) is 1.59. The lowest BCUT2D eigenvalue weighted by Gasteiger charge is -2.11. The van der Waals surface area contributed by atoms with Gasteiger partial charge in [0.25, 0.3) is 10.1 Å². The Morgan fingerprint density at radius 1 is 1.50 bits per heavy atom. The van der Waals surface area contributed by atoms with E-state index in [1.54, 1.807) is 6.20 Å². The zero-order chi connectivity index (χ0) is 14.8. The molecule has 108 valence electrons. The highest BCUT2D eigenvalue weighted by molar-refractivity contribution is 7.86. The summed E-state index contributed by atoms with van der Waals surface area (Å²) in [7, 11) is -2.85. The van der Waals surface area contributed by atoms with Crippen LogP contribution < -0.4 is 10.1 Å². The summed E-state index contributed by atoms with van der Waals surface area (Å²) in [6.45, 7) is 0.333. The standard InChI is InChI=1S/C11H11ClN2O4S2/c1-18-7-2-3-10(20(15,16)17)9(4-7)13-5-8-6-14-11(12)19-8/h2-4,6,13H,5H2,1H3,(H,15,16,17). The van der Waals surface area contributed by atoms with Gasteiger partial charge in [0, 0.05) is 17.1 Å². The molecule has 2 rings (SSSR count). The van der Waals surface area contributed by atoms with Crippen LogP contribution in [0.5, 0.6) is 5.75 Å². The van der Waals surface area contributed by atoms with Gasteiger partial charge >= 0.3 is 0 Å². The van der Waals surface area contributed by atoms with Crippen molar-refractivity contribution in [2.75, 3.05) is 12.4 Å². The molecule has 0 aliphatic carbocycles. The first-order valence-electron chi connectivity index (χ1n) is 5.40. The van der Waals surface area contributed by atoms with Gasteiger partial charge in [-0.05, 0) is 12.1 Å². The molecule has 0 saturated heterocycles. The number of anilines is 1. The SMILES string of the molecule is COc1ccc(S(=O)(=O)O)c(NCc2cnc(Cl)s2)c1. The number of aromatic nitrogens is 1. The monoisotopic (exact) mass is 334 g/mol. The van der Waals surface area contributed by atoms with Crippen LogP contribution in [-0.4, -0.2) is 25.1 Å². The topological polar surface area (TPSA) is 88.5 Å². The van der Waals surface area contributed by atoms with E-state index >= 15 is 0 Å². The van der Waals surface area contributed by atoms with Crippen LogP contribution in [0, 0.1) is 0 Å². The lowest BCUT2D eigenvalue weighted by molar-refractivity contribution is 0.414. The fraction of sp³-hybridized carbons (Fsp3) is 0.182. The van der Waals surface area contributed by atoms with Gasteiger partial charge in [-0.25, -0.2) is 4.98 Å². The molecular weight excluding hydrogens is 324 g/mol. The van der Waals surface area contributed by atoms with Crippen LogP contribution in [0.1, 0.15) is 4.88 Å². The van der Waals surface area contributed by atoms with Crippen LogP contribution in [0.2, 0.25) is 4.47 Å². The highest BCUT2D eigenvalue weighted by Crippen LogP contribution is 2.27. The van der Waals surface area contributed by atoms with E-state index < -0.39 is 10.1 Å². The Kier molecular flexibility index (Phi) is 4.48. The number of benzene rings is 1. The van der Waals surface area contributed by atoms with Gasteiger partial charge in [-0.3, -0.25) is 4.55 Å². The molecule has 0 saturated carbocycles. The lowest BCUT2D eigenvalue weighted by atomic mass is 10.3. The maximum atomic E-state index is 11.3. The molecule has 0 aliphatic rings. The van der Waals surface area contributed by atoms with E-state index in [0.717, 1.165) is 4.88 Å². The first-order chi connectivity index (χ1) is 9.40. The van der Waals surface area contributed by atoms with Gasteiger partial charge in [-0.2, -0.15) is 8.42 Å². The number of nitrogens with one attached hydrogen (secondary N) is 1. The first kappa shape index (κ1) is 15.0. The number of hydrogen-bond acceptors (Lipinski definition) is 6. The number of thiazole rings is 1. The van der Waals surface area contributed by atoms with E-state index in [-0.39, 0.29) is 10.6 Å². The summed E-state index contributed by atoms with van der Waals surface area (Å²) in [5.41, 5.74) is 0.247. The molecule has 0 unspecified atom stereocenters. The molecular formula is C11H11ClN2O4S2. The maximum absolute atomic E-state index is 11.3. The summed E-state index contributed by atoms with van der Waals surface area (Å²) in [6, 6.07) is 4.22. The van der Waals surface area contributed by atoms with Crippen LogP contribution in [0.25, 0.3) is 0 Å². The van der Waals surface area contributed by atoms with Crippen molar-refractivity contribution in [3.8, 4) is 5.75 Å². The highest BCUT2D eigenvalue weighted by atomic mass is 35.5. The zero-order valence-corrected chi connectivity index (χ0v) is 12.7. The molecule has 0 fully saturated rings. The van der Waals surface area contributed by atoms with Crippen molar-refractivity contribution in [3.05, 3.63) is 33.7 Å². The van der Waals surface area contributed by atoms with Crippen molar-refractivity contribution >= 4 is 38.7 Å². The van der Waals surface area contributed by atoms with Crippen LogP contribution >= 0.6 is 22.9 Å². The second-order valence-corrected chi connectivity index (χ2v) is 6.86. The Labute approximate surface area is 125 Å². The van der Waals surface area contributed by atoms with Crippen molar-refractivity contribution < 1.29 is 17.7 Å². The molecule has 0 radical (unpaired) electrons. The summed E-state index contributed by atoms with van der Waals surface area (Å²) in [5, 5.41) is 2.92. The van der Waals surface area contributed by atoms with Crippen LogP contribution in [0.15, 0.2) is 29.3 Å². The average molecular weight is 335 g/mol. The summed E-state index contributed by atoms with van der Waals surface area (Å²) < 4.78 is 37.3. The summed E-state index contributed by atoms with van der Waals surface area (Å²) in [5.74, 6) is 0.474.